The van der Waals surface area contributed by atoms with Crippen LogP contribution in [0.5, 0.6) is 11.5 Å². The largest absolute Gasteiger partial charge is 0.497 e. The van der Waals surface area contributed by atoms with E-state index in [1.807, 2.05) is 35.7 Å². The summed E-state index contributed by atoms with van der Waals surface area (Å²) in [5.74, 6) is 2.55. The quantitative estimate of drug-likeness (QED) is 0.390. The molecule has 3 aromatic rings. The monoisotopic (exact) mass is 398 g/mol. The van der Waals surface area contributed by atoms with Crippen LogP contribution >= 0.6 is 0 Å². The van der Waals surface area contributed by atoms with E-state index in [2.05, 4.69) is 25.8 Å². The van der Waals surface area contributed by atoms with Gasteiger partial charge in [-0.1, -0.05) is 6.07 Å². The second-order valence-electron chi connectivity index (χ2n) is 6.24. The molecular formula is C20H26N6O3. The topological polar surface area (TPSA) is 105 Å². The zero-order chi connectivity index (χ0) is 20.6. The number of ether oxygens (including phenoxy) is 2. The third-order valence-corrected chi connectivity index (χ3v) is 4.37. The van der Waals surface area contributed by atoms with Crippen LogP contribution in [0.25, 0.3) is 5.65 Å². The van der Waals surface area contributed by atoms with Gasteiger partial charge in [0, 0.05) is 24.8 Å². The molecule has 1 aromatic carbocycles. The molecule has 0 saturated heterocycles. The minimum absolute atomic E-state index is 0.246. The fourth-order valence-electron chi connectivity index (χ4n) is 2.89. The van der Waals surface area contributed by atoms with Gasteiger partial charge in [0.1, 0.15) is 18.0 Å². The minimum Gasteiger partial charge on any atom is -0.497 e. The van der Waals surface area contributed by atoms with Gasteiger partial charge in [-0.15, -0.1) is 10.2 Å². The summed E-state index contributed by atoms with van der Waals surface area (Å²) in [4.78, 5) is 4.55. The maximum absolute atomic E-state index is 10.7. The molecule has 3 N–H and O–H groups in total. The van der Waals surface area contributed by atoms with Crippen LogP contribution in [-0.4, -0.2) is 53.0 Å². The Labute approximate surface area is 169 Å². The number of rotatable bonds is 8. The number of benzene rings is 1. The van der Waals surface area contributed by atoms with E-state index in [0.717, 1.165) is 11.5 Å². The Morgan fingerprint density at radius 1 is 1.17 bits per heavy atom. The van der Waals surface area contributed by atoms with E-state index < -0.39 is 6.10 Å². The summed E-state index contributed by atoms with van der Waals surface area (Å²) in [7, 11) is 3.15. The Hall–Kier alpha value is -3.33. The molecule has 0 fully saturated rings. The number of aliphatic hydroxyl groups excluding tert-OH is 1. The molecule has 0 spiro atoms. The number of aliphatic hydroxyl groups is 1. The molecule has 2 aromatic heterocycles. The van der Waals surface area contributed by atoms with Gasteiger partial charge < -0.3 is 25.2 Å². The number of aromatic nitrogens is 3. The molecule has 0 radical (unpaired) electrons. The second kappa shape index (κ2) is 9.74. The van der Waals surface area contributed by atoms with Gasteiger partial charge in [0.05, 0.1) is 20.3 Å². The number of methoxy groups -OCH3 is 2. The van der Waals surface area contributed by atoms with Crippen molar-refractivity contribution in [3.05, 3.63) is 54.0 Å². The number of nitrogens with zero attached hydrogens (tertiary/aromatic N) is 4. The lowest BCUT2D eigenvalue weighted by Crippen LogP contribution is -2.39. The summed E-state index contributed by atoms with van der Waals surface area (Å²) >= 11 is 0. The Bertz CT molecular complexity index is 972. The molecule has 154 valence electrons. The average Bonchev–Trinajstić information content (AvgIpc) is 3.18. The van der Waals surface area contributed by atoms with Crippen molar-refractivity contribution < 1.29 is 14.6 Å². The van der Waals surface area contributed by atoms with Gasteiger partial charge in [0.2, 0.25) is 0 Å². The predicted molar refractivity (Wildman–Crippen MR) is 110 cm³/mol. The second-order valence-corrected chi connectivity index (χ2v) is 6.24. The highest BCUT2D eigenvalue weighted by Crippen LogP contribution is 2.29. The van der Waals surface area contributed by atoms with Gasteiger partial charge >= 0.3 is 0 Å². The van der Waals surface area contributed by atoms with Crippen LogP contribution in [0.1, 0.15) is 24.4 Å². The molecule has 0 bridgehead atoms. The van der Waals surface area contributed by atoms with Crippen LogP contribution in [-0.2, 0) is 6.54 Å². The number of guanidine groups is 1. The first-order valence-electron chi connectivity index (χ1n) is 9.37. The Morgan fingerprint density at radius 2 is 2.03 bits per heavy atom. The van der Waals surface area contributed by atoms with Crippen LogP contribution in [0.2, 0.25) is 0 Å². The smallest absolute Gasteiger partial charge is 0.191 e. The minimum atomic E-state index is -0.808. The molecule has 0 amide bonds. The molecule has 3 rings (SSSR count). The molecular weight excluding hydrogens is 372 g/mol. The molecule has 0 aliphatic carbocycles. The van der Waals surface area contributed by atoms with E-state index in [1.165, 1.54) is 0 Å². The van der Waals surface area contributed by atoms with Gasteiger partial charge in [-0.05, 0) is 37.3 Å². The van der Waals surface area contributed by atoms with Gasteiger partial charge in [0.15, 0.2) is 17.4 Å². The standard InChI is InChI=1S/C20H26N6O3/c1-4-21-20(23-13-19-25-24-18-7-5-6-10-26(18)19)22-12-16(27)15-11-14(28-2)8-9-17(15)29-3/h5-11,16,27H,4,12-13H2,1-3H3,(H2,21,22,23). The van der Waals surface area contributed by atoms with E-state index in [0.29, 0.717) is 36.1 Å². The Morgan fingerprint density at radius 3 is 2.79 bits per heavy atom. The summed E-state index contributed by atoms with van der Waals surface area (Å²) in [6.45, 7) is 3.26. The third-order valence-electron chi connectivity index (χ3n) is 4.37. The number of fused-ring (bicyclic) bond motifs is 1. The van der Waals surface area contributed by atoms with Crippen LogP contribution in [0.4, 0.5) is 0 Å². The van der Waals surface area contributed by atoms with Crippen molar-refractivity contribution in [3.8, 4) is 11.5 Å². The first kappa shape index (κ1) is 20.4. The number of pyridine rings is 1. The van der Waals surface area contributed by atoms with Gasteiger partial charge in [-0.25, -0.2) is 4.99 Å². The molecule has 9 heteroatoms. The van der Waals surface area contributed by atoms with Crippen molar-refractivity contribution in [1.82, 2.24) is 25.2 Å². The van der Waals surface area contributed by atoms with Crippen LogP contribution in [0.15, 0.2) is 47.6 Å². The molecule has 1 unspecified atom stereocenters. The van der Waals surface area contributed by atoms with E-state index in [9.17, 15) is 5.11 Å². The summed E-state index contributed by atoms with van der Waals surface area (Å²) < 4.78 is 12.5. The Balaban J connectivity index is 1.70. The van der Waals surface area contributed by atoms with E-state index in [-0.39, 0.29) is 6.54 Å². The van der Waals surface area contributed by atoms with Gasteiger partial charge in [-0.3, -0.25) is 4.40 Å². The van der Waals surface area contributed by atoms with Crippen molar-refractivity contribution in [3.63, 3.8) is 0 Å². The van der Waals surface area contributed by atoms with Crippen molar-refractivity contribution in [2.45, 2.75) is 19.6 Å². The van der Waals surface area contributed by atoms with Crippen molar-refractivity contribution >= 4 is 11.6 Å². The van der Waals surface area contributed by atoms with Crippen molar-refractivity contribution in [2.75, 3.05) is 27.3 Å². The molecule has 1 atom stereocenters. The maximum Gasteiger partial charge on any atom is 0.191 e. The zero-order valence-electron chi connectivity index (χ0n) is 16.8. The normalized spacial score (nSPS) is 12.6. The maximum atomic E-state index is 10.7. The summed E-state index contributed by atoms with van der Waals surface area (Å²) in [5.41, 5.74) is 1.41. The zero-order valence-corrected chi connectivity index (χ0v) is 16.8. The first-order valence-corrected chi connectivity index (χ1v) is 9.37. The highest BCUT2D eigenvalue weighted by Gasteiger charge is 2.15. The molecule has 9 nitrogen and oxygen atoms in total. The van der Waals surface area contributed by atoms with Crippen molar-refractivity contribution in [2.24, 2.45) is 4.99 Å². The molecule has 29 heavy (non-hydrogen) atoms. The fourth-order valence-corrected chi connectivity index (χ4v) is 2.89. The number of hydrogen-bond acceptors (Lipinski definition) is 6. The number of nitrogens with one attached hydrogen (secondary N) is 2. The van der Waals surface area contributed by atoms with Gasteiger partial charge in [0.25, 0.3) is 0 Å². The lowest BCUT2D eigenvalue weighted by molar-refractivity contribution is 0.176. The average molecular weight is 398 g/mol. The molecule has 0 aliphatic heterocycles. The highest BCUT2D eigenvalue weighted by molar-refractivity contribution is 5.79. The first-order chi connectivity index (χ1) is 14.2. The van der Waals surface area contributed by atoms with E-state index >= 15 is 0 Å². The Kier molecular flexibility index (Phi) is 6.85. The summed E-state index contributed by atoms with van der Waals surface area (Å²) in [6.07, 6.45) is 1.09. The molecule has 0 saturated carbocycles. The van der Waals surface area contributed by atoms with E-state index in [1.54, 1.807) is 32.4 Å². The lowest BCUT2D eigenvalue weighted by Gasteiger charge is -2.18. The van der Waals surface area contributed by atoms with Crippen LogP contribution in [0, 0.1) is 0 Å². The highest BCUT2D eigenvalue weighted by atomic mass is 16.5. The van der Waals surface area contributed by atoms with E-state index in [4.69, 9.17) is 9.47 Å². The lowest BCUT2D eigenvalue weighted by atomic mass is 10.1. The van der Waals surface area contributed by atoms with Crippen LogP contribution in [0.3, 0.4) is 0 Å². The fraction of sp³-hybridized carbons (Fsp3) is 0.350. The SMILES string of the molecule is CCNC(=NCc1nnc2ccccn12)NCC(O)c1cc(OC)ccc1OC. The molecule has 0 aliphatic rings. The third kappa shape index (κ3) is 4.94. The summed E-state index contributed by atoms with van der Waals surface area (Å²) in [6, 6.07) is 11.0. The van der Waals surface area contributed by atoms with Crippen molar-refractivity contribution in [1.29, 1.82) is 0 Å². The predicted octanol–water partition coefficient (Wildman–Crippen LogP) is 1.54. The molecule has 2 heterocycles. The van der Waals surface area contributed by atoms with Crippen LogP contribution < -0.4 is 20.1 Å². The number of hydrogen-bond donors (Lipinski definition) is 3. The van der Waals surface area contributed by atoms with Gasteiger partial charge in [-0.2, -0.15) is 0 Å². The number of aliphatic imine (C=N–C) groups is 1. The summed E-state index contributed by atoms with van der Waals surface area (Å²) in [5, 5.41) is 25.3.